The molecule has 0 aliphatic heterocycles. The Labute approximate surface area is 123 Å². The lowest BCUT2D eigenvalue weighted by atomic mass is 10.1. The molecule has 0 aliphatic rings. The number of aliphatic hydroxyl groups excluding tert-OH is 1. The summed E-state index contributed by atoms with van der Waals surface area (Å²) >= 11 is 6.00. The van der Waals surface area contributed by atoms with Crippen molar-refractivity contribution in [3.63, 3.8) is 0 Å². The number of aliphatic hydroxyl groups is 1. The van der Waals surface area contributed by atoms with Crippen LogP contribution in [0.2, 0.25) is 5.15 Å². The molecule has 3 nitrogen and oxygen atoms in total. The van der Waals surface area contributed by atoms with Gasteiger partial charge in [-0.1, -0.05) is 30.3 Å². The van der Waals surface area contributed by atoms with Crippen LogP contribution in [0, 0.1) is 0 Å². The number of benzene rings is 1. The SMILES string of the molecule is Cn1c(Cl)c[n+](C)c1C(O)c1ccccc1.[I-]. The molecule has 0 bridgehead atoms. The van der Waals surface area contributed by atoms with Crippen molar-refractivity contribution in [2.24, 2.45) is 14.1 Å². The van der Waals surface area contributed by atoms with Gasteiger partial charge in [-0.15, -0.1) is 0 Å². The number of imidazole rings is 1. The summed E-state index contributed by atoms with van der Waals surface area (Å²) in [5, 5.41) is 10.9. The molecule has 5 heteroatoms. The normalized spacial score (nSPS) is 12.0. The van der Waals surface area contributed by atoms with Crippen molar-refractivity contribution in [1.82, 2.24) is 4.57 Å². The predicted octanol–water partition coefficient (Wildman–Crippen LogP) is -1.41. The minimum atomic E-state index is -0.663. The van der Waals surface area contributed by atoms with Gasteiger partial charge in [-0.05, 0) is 17.2 Å². The average Bonchev–Trinajstić information content (AvgIpc) is 2.54. The Bertz CT molecular complexity index is 499. The summed E-state index contributed by atoms with van der Waals surface area (Å²) in [6, 6.07) is 9.53. The van der Waals surface area contributed by atoms with Gasteiger partial charge in [-0.25, -0.2) is 9.13 Å². The smallest absolute Gasteiger partial charge is 0.291 e. The summed E-state index contributed by atoms with van der Waals surface area (Å²) < 4.78 is 3.61. The van der Waals surface area contributed by atoms with Crippen molar-refractivity contribution in [1.29, 1.82) is 0 Å². The van der Waals surface area contributed by atoms with E-state index < -0.39 is 6.10 Å². The third-order valence-electron chi connectivity index (χ3n) is 2.69. The lowest BCUT2D eigenvalue weighted by molar-refractivity contribution is -0.681. The maximum atomic E-state index is 10.3. The second-order valence-corrected chi connectivity index (χ2v) is 4.18. The highest BCUT2D eigenvalue weighted by Crippen LogP contribution is 2.21. The lowest BCUT2D eigenvalue weighted by Gasteiger charge is -2.07. The van der Waals surface area contributed by atoms with Gasteiger partial charge in [0.05, 0.1) is 14.1 Å². The van der Waals surface area contributed by atoms with Gasteiger partial charge in [0.15, 0.2) is 6.10 Å². The van der Waals surface area contributed by atoms with Crippen LogP contribution in [0.3, 0.4) is 0 Å². The number of hydrogen-bond donors (Lipinski definition) is 1. The van der Waals surface area contributed by atoms with Gasteiger partial charge in [-0.3, -0.25) is 0 Å². The molecule has 1 heterocycles. The zero-order valence-corrected chi connectivity index (χ0v) is 12.6. The van der Waals surface area contributed by atoms with Gasteiger partial charge in [-0.2, -0.15) is 0 Å². The third-order valence-corrected chi connectivity index (χ3v) is 3.04. The van der Waals surface area contributed by atoms with E-state index in [-0.39, 0.29) is 24.0 Å². The summed E-state index contributed by atoms with van der Waals surface area (Å²) in [4.78, 5) is 0. The Hall–Kier alpha value is -0.590. The van der Waals surface area contributed by atoms with Crippen molar-refractivity contribution in [2.45, 2.75) is 6.10 Å². The molecule has 1 aromatic carbocycles. The van der Waals surface area contributed by atoms with E-state index in [0.717, 1.165) is 11.4 Å². The summed E-state index contributed by atoms with van der Waals surface area (Å²) in [6.07, 6.45) is 1.12. The molecule has 2 rings (SSSR count). The maximum absolute atomic E-state index is 10.3. The van der Waals surface area contributed by atoms with E-state index in [1.165, 1.54) is 0 Å². The Balaban J connectivity index is 0.00000144. The molecule has 0 radical (unpaired) electrons. The maximum Gasteiger partial charge on any atom is 0.291 e. The average molecular weight is 365 g/mol. The molecule has 1 unspecified atom stereocenters. The number of halogens is 2. The first-order valence-corrected chi connectivity index (χ1v) is 5.43. The number of hydrogen-bond acceptors (Lipinski definition) is 1. The third kappa shape index (κ3) is 2.81. The van der Waals surface area contributed by atoms with E-state index in [2.05, 4.69) is 0 Å². The van der Waals surface area contributed by atoms with Crippen molar-refractivity contribution >= 4 is 11.6 Å². The van der Waals surface area contributed by atoms with Crippen molar-refractivity contribution in [2.75, 3.05) is 0 Å². The zero-order valence-electron chi connectivity index (χ0n) is 9.64. The van der Waals surface area contributed by atoms with E-state index in [4.69, 9.17) is 11.6 Å². The first kappa shape index (κ1) is 14.5. The topological polar surface area (TPSA) is 29.0 Å². The number of aromatic nitrogens is 2. The van der Waals surface area contributed by atoms with Gasteiger partial charge in [0.1, 0.15) is 6.20 Å². The summed E-state index contributed by atoms with van der Waals surface area (Å²) in [5.41, 5.74) is 0.857. The van der Waals surface area contributed by atoms with E-state index in [0.29, 0.717) is 5.15 Å². The molecule has 0 spiro atoms. The highest BCUT2D eigenvalue weighted by molar-refractivity contribution is 6.29. The van der Waals surface area contributed by atoms with Crippen LogP contribution in [-0.4, -0.2) is 9.67 Å². The van der Waals surface area contributed by atoms with Gasteiger partial charge < -0.3 is 29.1 Å². The molecule has 1 atom stereocenters. The first-order valence-electron chi connectivity index (χ1n) is 5.05. The van der Waals surface area contributed by atoms with E-state index in [1.807, 2.05) is 49.0 Å². The van der Waals surface area contributed by atoms with Gasteiger partial charge in [0.25, 0.3) is 5.82 Å². The first-order chi connectivity index (χ1) is 7.61. The molecule has 0 saturated carbocycles. The molecule has 92 valence electrons. The van der Waals surface area contributed by atoms with Crippen LogP contribution < -0.4 is 28.5 Å². The van der Waals surface area contributed by atoms with E-state index in [9.17, 15) is 5.11 Å². The molecular formula is C12H14ClIN2O. The Morgan fingerprint density at radius 1 is 1.29 bits per heavy atom. The molecule has 0 amide bonds. The lowest BCUT2D eigenvalue weighted by Crippen LogP contribution is -3.00. The highest BCUT2D eigenvalue weighted by Gasteiger charge is 2.25. The van der Waals surface area contributed by atoms with Crippen LogP contribution in [-0.2, 0) is 14.1 Å². The highest BCUT2D eigenvalue weighted by atomic mass is 127. The molecule has 0 aliphatic carbocycles. The Morgan fingerprint density at radius 2 is 1.88 bits per heavy atom. The van der Waals surface area contributed by atoms with Crippen LogP contribution in [0.1, 0.15) is 17.5 Å². The second kappa shape index (κ2) is 5.84. The van der Waals surface area contributed by atoms with Crippen LogP contribution >= 0.6 is 11.6 Å². The summed E-state index contributed by atoms with van der Waals surface area (Å²) in [5.74, 6) is 0.760. The zero-order chi connectivity index (χ0) is 11.7. The minimum Gasteiger partial charge on any atom is -1.00 e. The molecule has 1 N–H and O–H groups in total. The molecule has 0 saturated heterocycles. The largest absolute Gasteiger partial charge is 1.00 e. The minimum absolute atomic E-state index is 0. The Morgan fingerprint density at radius 3 is 2.35 bits per heavy atom. The summed E-state index contributed by atoms with van der Waals surface area (Å²) in [6.45, 7) is 0. The van der Waals surface area contributed by atoms with Crippen molar-refractivity contribution in [3.05, 3.63) is 53.1 Å². The predicted molar refractivity (Wildman–Crippen MR) is 62.1 cm³/mol. The second-order valence-electron chi connectivity index (χ2n) is 3.79. The van der Waals surface area contributed by atoms with Gasteiger partial charge in [0.2, 0.25) is 5.15 Å². The van der Waals surface area contributed by atoms with Gasteiger partial charge in [0, 0.05) is 0 Å². The monoisotopic (exact) mass is 364 g/mol. The van der Waals surface area contributed by atoms with Crippen molar-refractivity contribution < 1.29 is 33.7 Å². The number of aryl methyl sites for hydroxylation is 1. The summed E-state index contributed by atoms with van der Waals surface area (Å²) in [7, 11) is 3.71. The quantitative estimate of drug-likeness (QED) is 0.515. The molecule has 17 heavy (non-hydrogen) atoms. The molecule has 0 fully saturated rings. The van der Waals surface area contributed by atoms with Crippen LogP contribution in [0.25, 0.3) is 0 Å². The molecule has 1 aromatic heterocycles. The van der Waals surface area contributed by atoms with E-state index >= 15 is 0 Å². The fourth-order valence-corrected chi connectivity index (χ4v) is 2.05. The van der Waals surface area contributed by atoms with E-state index in [1.54, 1.807) is 10.8 Å². The van der Waals surface area contributed by atoms with Gasteiger partial charge >= 0.3 is 0 Å². The van der Waals surface area contributed by atoms with Crippen LogP contribution in [0.4, 0.5) is 0 Å². The van der Waals surface area contributed by atoms with Crippen LogP contribution in [0.5, 0.6) is 0 Å². The fraction of sp³-hybridized carbons (Fsp3) is 0.250. The number of rotatable bonds is 2. The molecule has 2 aromatic rings. The fourth-order valence-electron chi connectivity index (χ4n) is 1.82. The standard InChI is InChI=1S/C12H14ClN2O.HI/c1-14-8-10(13)15(2)12(14)11(16)9-6-4-3-5-7-9;/h3-8,11,16H,1-2H3;1H/q+1;/p-1. The van der Waals surface area contributed by atoms with Crippen molar-refractivity contribution in [3.8, 4) is 0 Å². The molecular weight excluding hydrogens is 351 g/mol. The number of nitrogens with zero attached hydrogens (tertiary/aromatic N) is 2. The van der Waals surface area contributed by atoms with Crippen LogP contribution in [0.15, 0.2) is 36.5 Å². The Kier molecular flexibility index (Phi) is 4.97.